The highest BCUT2D eigenvalue weighted by Gasteiger charge is 2.16. The first kappa shape index (κ1) is 18.4. The first-order valence-corrected chi connectivity index (χ1v) is 8.13. The van der Waals surface area contributed by atoms with Gasteiger partial charge in [0.05, 0.1) is 32.8 Å². The second-order valence-corrected chi connectivity index (χ2v) is 5.58. The average Bonchev–Trinajstić information content (AvgIpc) is 2.61. The maximum Gasteiger partial charge on any atom is 0.238 e. The Morgan fingerprint density at radius 2 is 1.92 bits per heavy atom. The van der Waals surface area contributed by atoms with Crippen molar-refractivity contribution in [2.75, 3.05) is 58.4 Å². The molecule has 1 saturated heterocycles. The number of hydrogen-bond acceptors (Lipinski definition) is 5. The molecule has 1 heterocycles. The van der Waals surface area contributed by atoms with Crippen molar-refractivity contribution in [1.29, 1.82) is 0 Å². The predicted octanol–water partition coefficient (Wildman–Crippen LogP) is 0.262. The molecule has 132 valence electrons. The Bertz CT molecular complexity index is 527. The molecular formula is C17H25N3O4. The van der Waals surface area contributed by atoms with E-state index in [-0.39, 0.29) is 18.4 Å². The van der Waals surface area contributed by atoms with Gasteiger partial charge in [-0.15, -0.1) is 0 Å². The molecule has 1 aliphatic heterocycles. The summed E-state index contributed by atoms with van der Waals surface area (Å²) in [5.74, 6) is 0.000625. The van der Waals surface area contributed by atoms with Crippen molar-refractivity contribution in [1.82, 2.24) is 10.2 Å². The molecule has 0 atom stereocenters. The van der Waals surface area contributed by atoms with Crippen LogP contribution in [0.5, 0.6) is 0 Å². The fourth-order valence-corrected chi connectivity index (χ4v) is 2.39. The molecular weight excluding hydrogens is 310 g/mol. The molecule has 0 aliphatic carbocycles. The lowest BCUT2D eigenvalue weighted by Gasteiger charge is -2.26. The molecule has 0 radical (unpaired) electrons. The molecule has 2 N–H and O–H groups in total. The molecule has 0 spiro atoms. The molecule has 0 saturated carbocycles. The minimum Gasteiger partial charge on any atom is -0.383 e. The topological polar surface area (TPSA) is 79.9 Å². The van der Waals surface area contributed by atoms with Gasteiger partial charge in [-0.25, -0.2) is 0 Å². The van der Waals surface area contributed by atoms with Crippen LogP contribution in [-0.2, 0) is 25.5 Å². The monoisotopic (exact) mass is 335 g/mol. The van der Waals surface area contributed by atoms with Crippen LogP contribution in [0.25, 0.3) is 0 Å². The van der Waals surface area contributed by atoms with Crippen LogP contribution in [0.3, 0.4) is 0 Å². The molecule has 0 unspecified atom stereocenters. The van der Waals surface area contributed by atoms with E-state index in [9.17, 15) is 9.59 Å². The van der Waals surface area contributed by atoms with Gasteiger partial charge in [-0.1, -0.05) is 12.1 Å². The van der Waals surface area contributed by atoms with Crippen molar-refractivity contribution in [2.45, 2.75) is 6.42 Å². The van der Waals surface area contributed by atoms with E-state index < -0.39 is 0 Å². The summed E-state index contributed by atoms with van der Waals surface area (Å²) in [6.45, 7) is 3.96. The first-order valence-electron chi connectivity index (χ1n) is 8.13. The minimum absolute atomic E-state index is 0.108. The lowest BCUT2D eigenvalue weighted by molar-refractivity contribution is -0.134. The standard InChI is InChI=1S/C17H25N3O4/c1-23-9-6-18-13-16(21)19-15-4-2-14(3-5-15)12-17(22)20-7-10-24-11-8-20/h2-5,18H,6-13H2,1H3,(H,19,21). The zero-order chi connectivity index (χ0) is 17.2. The van der Waals surface area contributed by atoms with Crippen molar-refractivity contribution in [2.24, 2.45) is 0 Å². The quantitative estimate of drug-likeness (QED) is 0.666. The second-order valence-electron chi connectivity index (χ2n) is 5.58. The van der Waals surface area contributed by atoms with Crippen LogP contribution in [0.4, 0.5) is 5.69 Å². The van der Waals surface area contributed by atoms with Crippen molar-refractivity contribution in [3.8, 4) is 0 Å². The Hall–Kier alpha value is -1.96. The van der Waals surface area contributed by atoms with Gasteiger partial charge in [-0.2, -0.15) is 0 Å². The largest absolute Gasteiger partial charge is 0.383 e. The van der Waals surface area contributed by atoms with E-state index in [1.54, 1.807) is 7.11 Å². The van der Waals surface area contributed by atoms with Gasteiger partial charge in [-0.05, 0) is 17.7 Å². The number of benzene rings is 1. The van der Waals surface area contributed by atoms with Crippen molar-refractivity contribution >= 4 is 17.5 Å². The highest BCUT2D eigenvalue weighted by Crippen LogP contribution is 2.11. The molecule has 7 heteroatoms. The summed E-state index contributed by atoms with van der Waals surface area (Å²) in [6, 6.07) is 7.36. The zero-order valence-corrected chi connectivity index (χ0v) is 14.0. The van der Waals surface area contributed by atoms with Crippen LogP contribution in [0.15, 0.2) is 24.3 Å². The number of carbonyl (C=O) groups is 2. The van der Waals surface area contributed by atoms with Crippen LogP contribution in [0.1, 0.15) is 5.56 Å². The molecule has 24 heavy (non-hydrogen) atoms. The van der Waals surface area contributed by atoms with Crippen LogP contribution < -0.4 is 10.6 Å². The number of hydrogen-bond donors (Lipinski definition) is 2. The Labute approximate surface area is 142 Å². The number of rotatable bonds is 8. The zero-order valence-electron chi connectivity index (χ0n) is 14.0. The Morgan fingerprint density at radius 1 is 1.21 bits per heavy atom. The lowest BCUT2D eigenvalue weighted by atomic mass is 10.1. The molecule has 2 amide bonds. The lowest BCUT2D eigenvalue weighted by Crippen LogP contribution is -2.41. The normalized spacial score (nSPS) is 14.5. The smallest absolute Gasteiger partial charge is 0.238 e. The summed E-state index contributed by atoms with van der Waals surface area (Å²) in [7, 11) is 1.62. The second kappa shape index (κ2) is 10.0. The Morgan fingerprint density at radius 3 is 2.58 bits per heavy atom. The number of amides is 2. The van der Waals surface area contributed by atoms with Crippen LogP contribution in [0, 0.1) is 0 Å². The summed E-state index contributed by atoms with van der Waals surface area (Å²) in [5.41, 5.74) is 1.65. The van der Waals surface area contributed by atoms with E-state index in [1.807, 2.05) is 29.2 Å². The molecule has 1 aromatic carbocycles. The van der Waals surface area contributed by atoms with E-state index in [0.29, 0.717) is 45.9 Å². The third-order valence-electron chi connectivity index (χ3n) is 3.73. The molecule has 1 aliphatic rings. The number of nitrogens with zero attached hydrogens (tertiary/aromatic N) is 1. The van der Waals surface area contributed by atoms with Crippen LogP contribution in [0.2, 0.25) is 0 Å². The predicted molar refractivity (Wildman–Crippen MR) is 90.9 cm³/mol. The maximum absolute atomic E-state index is 12.2. The van der Waals surface area contributed by atoms with Crippen molar-refractivity contribution in [3.05, 3.63) is 29.8 Å². The van der Waals surface area contributed by atoms with E-state index in [4.69, 9.17) is 9.47 Å². The van der Waals surface area contributed by atoms with Gasteiger partial charge in [0.25, 0.3) is 0 Å². The highest BCUT2D eigenvalue weighted by molar-refractivity contribution is 5.92. The minimum atomic E-state index is -0.108. The summed E-state index contributed by atoms with van der Waals surface area (Å²) in [5, 5.41) is 5.79. The Balaban J connectivity index is 1.75. The molecule has 7 nitrogen and oxygen atoms in total. The summed E-state index contributed by atoms with van der Waals surface area (Å²) >= 11 is 0. The van der Waals surface area contributed by atoms with Crippen molar-refractivity contribution in [3.63, 3.8) is 0 Å². The number of anilines is 1. The van der Waals surface area contributed by atoms with Gasteiger partial charge in [0.1, 0.15) is 0 Å². The molecule has 0 bridgehead atoms. The van der Waals surface area contributed by atoms with Gasteiger partial charge in [0, 0.05) is 32.4 Å². The van der Waals surface area contributed by atoms with Crippen LogP contribution >= 0.6 is 0 Å². The third kappa shape index (κ3) is 6.27. The highest BCUT2D eigenvalue weighted by atomic mass is 16.5. The molecule has 1 aromatic rings. The number of ether oxygens (including phenoxy) is 2. The summed E-state index contributed by atoms with van der Waals surface area (Å²) in [6.07, 6.45) is 0.368. The number of carbonyl (C=O) groups excluding carboxylic acids is 2. The van der Waals surface area contributed by atoms with Gasteiger partial charge >= 0.3 is 0 Å². The fraction of sp³-hybridized carbons (Fsp3) is 0.529. The maximum atomic E-state index is 12.2. The summed E-state index contributed by atoms with van der Waals surface area (Å²) in [4.78, 5) is 25.8. The third-order valence-corrected chi connectivity index (χ3v) is 3.73. The van der Waals surface area contributed by atoms with Gasteiger partial charge in [-0.3, -0.25) is 9.59 Å². The fourth-order valence-electron chi connectivity index (χ4n) is 2.39. The van der Waals surface area contributed by atoms with Crippen molar-refractivity contribution < 1.29 is 19.1 Å². The Kier molecular flexibility index (Phi) is 7.67. The molecule has 0 aromatic heterocycles. The van der Waals surface area contributed by atoms with Gasteiger partial charge < -0.3 is 25.0 Å². The number of methoxy groups -OCH3 is 1. The van der Waals surface area contributed by atoms with Gasteiger partial charge in [0.2, 0.25) is 11.8 Å². The number of nitrogens with one attached hydrogen (secondary N) is 2. The van der Waals surface area contributed by atoms with E-state index in [0.717, 1.165) is 11.3 Å². The van der Waals surface area contributed by atoms with E-state index in [2.05, 4.69) is 10.6 Å². The van der Waals surface area contributed by atoms with E-state index in [1.165, 1.54) is 0 Å². The molecule has 2 rings (SSSR count). The van der Waals surface area contributed by atoms with E-state index >= 15 is 0 Å². The summed E-state index contributed by atoms with van der Waals surface area (Å²) < 4.78 is 10.1. The number of morpholine rings is 1. The van der Waals surface area contributed by atoms with Crippen LogP contribution in [-0.4, -0.2) is 69.8 Å². The SMILES string of the molecule is COCCNCC(=O)Nc1ccc(CC(=O)N2CCOCC2)cc1. The first-order chi connectivity index (χ1) is 11.7. The molecule has 1 fully saturated rings. The average molecular weight is 335 g/mol. The van der Waals surface area contributed by atoms with Gasteiger partial charge in [0.15, 0.2) is 0 Å².